The summed E-state index contributed by atoms with van der Waals surface area (Å²) >= 11 is 0. The molecule has 0 saturated carbocycles. The van der Waals surface area contributed by atoms with Crippen molar-refractivity contribution in [2.75, 3.05) is 0 Å². The van der Waals surface area contributed by atoms with Crippen molar-refractivity contribution in [2.24, 2.45) is 0 Å². The van der Waals surface area contributed by atoms with E-state index in [-0.39, 0.29) is 5.56 Å². The molecule has 1 rings (SSSR count). The fraction of sp³-hybridized carbons (Fsp3) is 0.286. The molecule has 0 bridgehead atoms. The van der Waals surface area contributed by atoms with Crippen LogP contribution in [0.15, 0.2) is 4.79 Å². The lowest BCUT2D eigenvalue weighted by molar-refractivity contribution is 1.19. The van der Waals surface area contributed by atoms with E-state index in [0.717, 1.165) is 5.57 Å². The van der Waals surface area contributed by atoms with Crippen LogP contribution in [0.3, 0.4) is 0 Å². The Morgan fingerprint density at radius 1 is 1.40 bits per heavy atom. The van der Waals surface area contributed by atoms with E-state index >= 15 is 0 Å². The van der Waals surface area contributed by atoms with Crippen LogP contribution in [0.5, 0.6) is 0 Å². The van der Waals surface area contributed by atoms with Gasteiger partial charge in [-0.3, -0.25) is 4.79 Å². The summed E-state index contributed by atoms with van der Waals surface area (Å²) < 4.78 is 0. The van der Waals surface area contributed by atoms with Gasteiger partial charge >= 0.3 is 0 Å². The van der Waals surface area contributed by atoms with E-state index in [9.17, 15) is 4.79 Å². The molecule has 1 heterocycles. The molecule has 2 N–H and O–H groups in total. The Labute approximate surface area is 58.1 Å². The van der Waals surface area contributed by atoms with Gasteiger partial charge in [-0.1, -0.05) is 6.58 Å². The Morgan fingerprint density at radius 3 is 2.20 bits per heavy atom. The first-order valence-electron chi connectivity index (χ1n) is 3.06. The molecule has 3 nitrogen and oxygen atoms in total. The topological polar surface area (TPSA) is 48.6 Å². The van der Waals surface area contributed by atoms with Crippen LogP contribution >= 0.6 is 0 Å². The van der Waals surface area contributed by atoms with Gasteiger partial charge in [-0.25, -0.2) is 0 Å². The molecule has 1 aromatic rings. The quantitative estimate of drug-likeness (QED) is 0.489. The Bertz CT molecular complexity index is 378. The fourth-order valence-electron chi connectivity index (χ4n) is 0.791. The zero-order valence-corrected chi connectivity index (χ0v) is 6.12. The number of nitrogens with one attached hydrogen (secondary N) is 2. The monoisotopic (exact) mass is 138 g/mol. The minimum absolute atomic E-state index is 0.0926. The van der Waals surface area contributed by atoms with Gasteiger partial charge in [0.2, 0.25) is 0 Å². The highest BCUT2D eigenvalue weighted by Gasteiger charge is 1.90. The van der Waals surface area contributed by atoms with E-state index < -0.39 is 0 Å². The van der Waals surface area contributed by atoms with E-state index in [1.54, 1.807) is 0 Å². The molecule has 0 radical (unpaired) electrons. The van der Waals surface area contributed by atoms with Gasteiger partial charge in [0, 0.05) is 0 Å². The molecule has 0 atom stereocenters. The van der Waals surface area contributed by atoms with Crippen LogP contribution in [0, 0.1) is 0 Å². The molecule has 10 heavy (non-hydrogen) atoms. The van der Waals surface area contributed by atoms with Crippen molar-refractivity contribution < 1.29 is 0 Å². The van der Waals surface area contributed by atoms with Gasteiger partial charge in [0.15, 0.2) is 0 Å². The summed E-state index contributed by atoms with van der Waals surface area (Å²) in [6.07, 6.45) is 0. The lowest BCUT2D eigenvalue weighted by Crippen LogP contribution is -2.24. The minimum atomic E-state index is -0.0926. The summed E-state index contributed by atoms with van der Waals surface area (Å²) in [6, 6.07) is 0. The molecule has 0 amide bonds. The summed E-state index contributed by atoms with van der Waals surface area (Å²) in [5.74, 6) is 0. The number of H-pyrrole nitrogens is 2. The van der Waals surface area contributed by atoms with Crippen molar-refractivity contribution in [3.63, 3.8) is 0 Å². The first kappa shape index (κ1) is 6.86. The predicted molar refractivity (Wildman–Crippen MR) is 40.9 cm³/mol. The van der Waals surface area contributed by atoms with Crippen LogP contribution in [0.1, 0.15) is 13.8 Å². The van der Waals surface area contributed by atoms with Gasteiger partial charge in [-0.2, -0.15) is 0 Å². The van der Waals surface area contributed by atoms with Gasteiger partial charge in [-0.05, 0) is 19.4 Å². The van der Waals surface area contributed by atoms with Gasteiger partial charge < -0.3 is 9.97 Å². The van der Waals surface area contributed by atoms with Crippen LogP contribution in [0.4, 0.5) is 0 Å². The van der Waals surface area contributed by atoms with Crippen molar-refractivity contribution in [3.8, 4) is 0 Å². The molecule has 0 unspecified atom stereocenters. The number of rotatable bonds is 0. The van der Waals surface area contributed by atoms with Crippen LogP contribution < -0.4 is 16.4 Å². The predicted octanol–water partition coefficient (Wildman–Crippen LogP) is -0.696. The van der Waals surface area contributed by atoms with Crippen LogP contribution in [0.2, 0.25) is 0 Å². The number of aromatic amines is 2. The zero-order valence-electron chi connectivity index (χ0n) is 6.12. The van der Waals surface area contributed by atoms with E-state index in [0.29, 0.717) is 10.8 Å². The average Bonchev–Trinajstić information content (AvgIpc) is 2.10. The summed E-state index contributed by atoms with van der Waals surface area (Å²) in [5.41, 5.74) is 1.43. The first-order chi connectivity index (χ1) is 4.61. The molecule has 3 heteroatoms. The summed E-state index contributed by atoms with van der Waals surface area (Å²) in [7, 11) is 0. The zero-order chi connectivity index (χ0) is 7.72. The molecular weight excluding hydrogens is 128 g/mol. The third kappa shape index (κ3) is 1.03. The molecule has 0 aliphatic rings. The smallest absolute Gasteiger partial charge is 0.273 e. The average molecular weight is 138 g/mol. The molecule has 1 aromatic heterocycles. The second kappa shape index (κ2) is 2.17. The molecule has 0 aliphatic heterocycles. The Hall–Kier alpha value is -1.25. The third-order valence-corrected chi connectivity index (χ3v) is 1.27. The van der Waals surface area contributed by atoms with Crippen LogP contribution in [-0.2, 0) is 0 Å². The number of hydrogen-bond donors (Lipinski definition) is 2. The van der Waals surface area contributed by atoms with Gasteiger partial charge in [0.25, 0.3) is 5.56 Å². The summed E-state index contributed by atoms with van der Waals surface area (Å²) in [4.78, 5) is 16.3. The van der Waals surface area contributed by atoms with Crippen LogP contribution in [-0.4, -0.2) is 9.97 Å². The van der Waals surface area contributed by atoms with Crippen molar-refractivity contribution in [2.45, 2.75) is 13.8 Å². The highest BCUT2D eigenvalue weighted by Crippen LogP contribution is 1.77. The van der Waals surface area contributed by atoms with Gasteiger partial charge in [-0.15, -0.1) is 0 Å². The molecule has 0 fully saturated rings. The lowest BCUT2D eigenvalue weighted by Gasteiger charge is -1.78. The van der Waals surface area contributed by atoms with Gasteiger partial charge in [0.1, 0.15) is 10.8 Å². The molecule has 0 spiro atoms. The van der Waals surface area contributed by atoms with E-state index in [4.69, 9.17) is 0 Å². The van der Waals surface area contributed by atoms with Crippen molar-refractivity contribution >= 4 is 12.2 Å². The molecule has 54 valence electrons. The summed E-state index contributed by atoms with van der Waals surface area (Å²) in [5, 5.41) is 0.616. The van der Waals surface area contributed by atoms with Crippen LogP contribution in [0.25, 0.3) is 12.2 Å². The highest BCUT2D eigenvalue weighted by atomic mass is 16.1. The van der Waals surface area contributed by atoms with E-state index in [2.05, 4.69) is 16.5 Å². The highest BCUT2D eigenvalue weighted by molar-refractivity contribution is 5.34. The minimum Gasteiger partial charge on any atom is -0.338 e. The van der Waals surface area contributed by atoms with E-state index in [1.807, 2.05) is 13.8 Å². The van der Waals surface area contributed by atoms with Gasteiger partial charge in [0.05, 0.1) is 0 Å². The van der Waals surface area contributed by atoms with Crippen molar-refractivity contribution in [1.29, 1.82) is 0 Å². The lowest BCUT2D eigenvalue weighted by atomic mass is 10.3. The molecular formula is C7H10N2O. The molecule has 0 saturated heterocycles. The van der Waals surface area contributed by atoms with E-state index in [1.165, 1.54) is 0 Å². The SMILES string of the molecule is C=c1[nH]c(=O)c(=C(C)C)[nH]1. The number of aromatic nitrogens is 2. The normalized spacial score (nSPS) is 9.80. The standard InChI is InChI=1S/C7H10N2O/c1-4(2)6-7(10)9-5(3)8-6/h8H,3H2,1-2H3,(H,9,10). The summed E-state index contributed by atoms with van der Waals surface area (Å²) in [6.45, 7) is 7.31. The number of imidazole rings is 1. The Morgan fingerprint density at radius 2 is 2.00 bits per heavy atom. The maximum Gasteiger partial charge on any atom is 0.273 e. The number of hydrogen-bond acceptors (Lipinski definition) is 1. The fourth-order valence-corrected chi connectivity index (χ4v) is 0.791. The largest absolute Gasteiger partial charge is 0.338 e. The second-order valence-electron chi connectivity index (χ2n) is 2.43. The second-order valence-corrected chi connectivity index (χ2v) is 2.43. The molecule has 0 aliphatic carbocycles. The van der Waals surface area contributed by atoms with Crippen molar-refractivity contribution in [1.82, 2.24) is 9.97 Å². The first-order valence-corrected chi connectivity index (χ1v) is 3.06. The van der Waals surface area contributed by atoms with Crippen molar-refractivity contribution in [3.05, 3.63) is 21.2 Å². The Balaban J connectivity index is 3.76. The maximum absolute atomic E-state index is 10.9. The third-order valence-electron chi connectivity index (χ3n) is 1.27. The Kier molecular flexibility index (Phi) is 1.49. The maximum atomic E-state index is 10.9. The molecule has 0 aromatic carbocycles.